The lowest BCUT2D eigenvalue weighted by atomic mass is 10.0. The van der Waals surface area contributed by atoms with Crippen molar-refractivity contribution in [3.05, 3.63) is 83.4 Å². The number of carbonyl (C=O) groups excluding carboxylic acids is 1. The van der Waals surface area contributed by atoms with Gasteiger partial charge in [0.15, 0.2) is 0 Å². The molecule has 5 rings (SSSR count). The number of carbonyl (C=O) groups is 1. The van der Waals surface area contributed by atoms with Crippen molar-refractivity contribution in [2.24, 2.45) is 0 Å². The molecule has 1 amide bonds. The first-order chi connectivity index (χ1) is 17.5. The van der Waals surface area contributed by atoms with Gasteiger partial charge in [-0.05, 0) is 54.9 Å². The van der Waals surface area contributed by atoms with Crippen molar-refractivity contribution in [3.63, 3.8) is 0 Å². The molecule has 188 valence electrons. The third-order valence-electron chi connectivity index (χ3n) is 7.17. The molecule has 36 heavy (non-hydrogen) atoms. The number of benzene rings is 3. The van der Waals surface area contributed by atoms with Crippen molar-refractivity contribution in [1.82, 2.24) is 9.80 Å². The van der Waals surface area contributed by atoms with Crippen molar-refractivity contribution < 1.29 is 9.53 Å². The molecule has 0 aromatic heterocycles. The molecular formula is C30H36N4O2. The summed E-state index contributed by atoms with van der Waals surface area (Å²) < 4.78 is 5.47. The van der Waals surface area contributed by atoms with E-state index in [4.69, 9.17) is 4.74 Å². The van der Waals surface area contributed by atoms with Crippen LogP contribution in [0.2, 0.25) is 0 Å². The fourth-order valence-corrected chi connectivity index (χ4v) is 4.94. The average Bonchev–Trinajstić information content (AvgIpc) is 2.90. The molecule has 0 radical (unpaired) electrons. The van der Waals surface area contributed by atoms with Crippen LogP contribution >= 0.6 is 0 Å². The summed E-state index contributed by atoms with van der Waals surface area (Å²) in [4.78, 5) is 20.3. The summed E-state index contributed by atoms with van der Waals surface area (Å²) in [6.45, 7) is 10.5. The zero-order chi connectivity index (χ0) is 24.9. The number of hydrogen-bond acceptors (Lipinski definition) is 5. The number of likely N-dealkylation sites (N-methyl/N-ethyl adjacent to an activating group) is 1. The molecular weight excluding hydrogens is 448 g/mol. The van der Waals surface area contributed by atoms with Gasteiger partial charge in [0, 0.05) is 51.4 Å². The molecule has 2 fully saturated rings. The molecule has 6 heteroatoms. The van der Waals surface area contributed by atoms with Crippen molar-refractivity contribution >= 4 is 17.3 Å². The van der Waals surface area contributed by atoms with Crippen LogP contribution in [0.4, 0.5) is 11.4 Å². The topological polar surface area (TPSA) is 48.1 Å². The van der Waals surface area contributed by atoms with Crippen LogP contribution in [-0.2, 0) is 11.3 Å². The normalized spacial score (nSPS) is 17.2. The Morgan fingerprint density at radius 3 is 2.31 bits per heavy atom. The highest BCUT2D eigenvalue weighted by atomic mass is 16.5. The highest BCUT2D eigenvalue weighted by Crippen LogP contribution is 2.33. The third kappa shape index (κ3) is 5.95. The van der Waals surface area contributed by atoms with E-state index in [9.17, 15) is 4.79 Å². The Bertz CT molecular complexity index is 1180. The molecule has 2 aliphatic heterocycles. The van der Waals surface area contributed by atoms with Gasteiger partial charge in [-0.1, -0.05) is 48.0 Å². The van der Waals surface area contributed by atoms with E-state index < -0.39 is 0 Å². The number of nitrogens with zero attached hydrogens (tertiary/aromatic N) is 3. The van der Waals surface area contributed by atoms with Crippen LogP contribution in [0.1, 0.15) is 21.5 Å². The summed E-state index contributed by atoms with van der Waals surface area (Å²) in [5.41, 5.74) is 7.26. The average molecular weight is 485 g/mol. The zero-order valence-corrected chi connectivity index (χ0v) is 21.4. The Hall–Kier alpha value is -3.19. The quantitative estimate of drug-likeness (QED) is 0.558. The number of hydrogen-bond donors (Lipinski definition) is 1. The summed E-state index contributed by atoms with van der Waals surface area (Å²) in [5.74, 6) is -0.0768. The van der Waals surface area contributed by atoms with Crippen molar-refractivity contribution in [3.8, 4) is 11.1 Å². The van der Waals surface area contributed by atoms with E-state index in [2.05, 4.69) is 69.5 Å². The van der Waals surface area contributed by atoms with Crippen molar-refractivity contribution in [2.75, 3.05) is 69.7 Å². The van der Waals surface area contributed by atoms with E-state index in [1.54, 1.807) is 0 Å². The van der Waals surface area contributed by atoms with Crippen LogP contribution in [0.3, 0.4) is 0 Å². The van der Waals surface area contributed by atoms with Crippen LogP contribution < -0.4 is 10.2 Å². The molecule has 0 bridgehead atoms. The number of anilines is 2. The van der Waals surface area contributed by atoms with E-state index in [1.165, 1.54) is 5.56 Å². The molecule has 2 saturated heterocycles. The minimum Gasteiger partial charge on any atom is -0.379 e. The number of piperazine rings is 1. The molecule has 1 N–H and O–H groups in total. The van der Waals surface area contributed by atoms with E-state index in [1.807, 2.05) is 31.2 Å². The molecule has 0 aliphatic carbocycles. The Labute approximate surface area is 214 Å². The molecule has 0 atom stereocenters. The number of amides is 1. The van der Waals surface area contributed by atoms with Crippen LogP contribution in [0, 0.1) is 6.92 Å². The number of aryl methyl sites for hydroxylation is 1. The SMILES string of the molecule is Cc1cccc(C(=O)Nc2cc(-c3ccc(CN4CCOCC4)cc3)ccc2N2CCN(C)CC2)c1. The maximum absolute atomic E-state index is 13.2. The highest BCUT2D eigenvalue weighted by molar-refractivity contribution is 6.06. The van der Waals surface area contributed by atoms with E-state index >= 15 is 0 Å². The lowest BCUT2D eigenvalue weighted by Gasteiger charge is -2.35. The van der Waals surface area contributed by atoms with Crippen LogP contribution in [0.15, 0.2) is 66.7 Å². The molecule has 2 heterocycles. The van der Waals surface area contributed by atoms with Crippen molar-refractivity contribution in [2.45, 2.75) is 13.5 Å². The van der Waals surface area contributed by atoms with Crippen LogP contribution in [-0.4, -0.2) is 75.2 Å². The predicted molar refractivity (Wildman–Crippen MR) is 147 cm³/mol. The number of rotatable bonds is 6. The van der Waals surface area contributed by atoms with Gasteiger partial charge in [-0.2, -0.15) is 0 Å². The van der Waals surface area contributed by atoms with E-state index in [-0.39, 0.29) is 5.91 Å². The minimum absolute atomic E-state index is 0.0768. The van der Waals surface area contributed by atoms with Crippen molar-refractivity contribution in [1.29, 1.82) is 0 Å². The second-order valence-corrected chi connectivity index (χ2v) is 9.93. The zero-order valence-electron chi connectivity index (χ0n) is 21.4. The molecule has 3 aromatic carbocycles. The monoisotopic (exact) mass is 484 g/mol. The number of nitrogens with one attached hydrogen (secondary N) is 1. The van der Waals surface area contributed by atoms with Gasteiger partial charge in [-0.15, -0.1) is 0 Å². The smallest absolute Gasteiger partial charge is 0.255 e. The van der Waals surface area contributed by atoms with Crippen LogP contribution in [0.5, 0.6) is 0 Å². The molecule has 0 spiro atoms. The minimum atomic E-state index is -0.0768. The number of morpholine rings is 1. The fraction of sp³-hybridized carbons (Fsp3) is 0.367. The summed E-state index contributed by atoms with van der Waals surface area (Å²) >= 11 is 0. The van der Waals surface area contributed by atoms with E-state index in [0.29, 0.717) is 5.56 Å². The Balaban J connectivity index is 1.39. The summed E-state index contributed by atoms with van der Waals surface area (Å²) in [6, 6.07) is 23.0. The first-order valence-electron chi connectivity index (χ1n) is 12.9. The van der Waals surface area contributed by atoms with Gasteiger partial charge in [0.25, 0.3) is 5.91 Å². The van der Waals surface area contributed by atoms with Gasteiger partial charge in [-0.3, -0.25) is 9.69 Å². The van der Waals surface area contributed by atoms with Gasteiger partial charge >= 0.3 is 0 Å². The molecule has 2 aliphatic rings. The summed E-state index contributed by atoms with van der Waals surface area (Å²) in [6.07, 6.45) is 0. The maximum Gasteiger partial charge on any atom is 0.255 e. The van der Waals surface area contributed by atoms with Gasteiger partial charge in [0.05, 0.1) is 24.6 Å². The molecule has 0 saturated carbocycles. The second-order valence-electron chi connectivity index (χ2n) is 9.93. The molecule has 0 unspecified atom stereocenters. The first-order valence-corrected chi connectivity index (χ1v) is 12.9. The lowest BCUT2D eigenvalue weighted by molar-refractivity contribution is 0.0342. The van der Waals surface area contributed by atoms with E-state index in [0.717, 1.165) is 87.1 Å². The first kappa shape index (κ1) is 24.5. The summed E-state index contributed by atoms with van der Waals surface area (Å²) in [7, 11) is 2.16. The van der Waals surface area contributed by atoms with Gasteiger partial charge in [0.1, 0.15) is 0 Å². The van der Waals surface area contributed by atoms with Gasteiger partial charge < -0.3 is 19.9 Å². The Kier molecular flexibility index (Phi) is 7.66. The largest absolute Gasteiger partial charge is 0.379 e. The molecule has 3 aromatic rings. The number of ether oxygens (including phenoxy) is 1. The summed E-state index contributed by atoms with van der Waals surface area (Å²) in [5, 5.41) is 3.23. The predicted octanol–water partition coefficient (Wildman–Crippen LogP) is 4.50. The standard InChI is InChI=1S/C30H36N4O2/c1-23-4-3-5-27(20-23)30(35)31-28-21-26(10-11-29(28)34-14-12-32(2)13-15-34)25-8-6-24(7-9-25)22-33-16-18-36-19-17-33/h3-11,20-21H,12-19,22H2,1-2H3,(H,31,35). The van der Waals surface area contributed by atoms with Gasteiger partial charge in [0.2, 0.25) is 0 Å². The molecule has 6 nitrogen and oxygen atoms in total. The maximum atomic E-state index is 13.2. The Morgan fingerprint density at radius 2 is 1.58 bits per heavy atom. The highest BCUT2D eigenvalue weighted by Gasteiger charge is 2.19. The third-order valence-corrected chi connectivity index (χ3v) is 7.17. The van der Waals surface area contributed by atoms with Crippen LogP contribution in [0.25, 0.3) is 11.1 Å². The Morgan fingerprint density at radius 1 is 0.861 bits per heavy atom. The van der Waals surface area contributed by atoms with Gasteiger partial charge in [-0.25, -0.2) is 0 Å². The second kappa shape index (κ2) is 11.2. The fourth-order valence-electron chi connectivity index (χ4n) is 4.94. The lowest BCUT2D eigenvalue weighted by Crippen LogP contribution is -2.44.